The highest BCUT2D eigenvalue weighted by atomic mass is 79.9. The molecule has 13 heterocycles. The van der Waals surface area contributed by atoms with Crippen LogP contribution in [0.1, 0.15) is 73.3 Å². The van der Waals surface area contributed by atoms with Gasteiger partial charge < -0.3 is 65.1 Å². The molecule has 0 spiro atoms. The average molecular weight is 2060 g/mol. The van der Waals surface area contributed by atoms with Crippen LogP contribution in [0.3, 0.4) is 0 Å². The number of nitrogens with one attached hydrogen (secondary N) is 6. The van der Waals surface area contributed by atoms with Crippen molar-refractivity contribution in [3.8, 4) is 68.3 Å². The van der Waals surface area contributed by atoms with Gasteiger partial charge in [-0.2, -0.15) is 24.3 Å². The summed E-state index contributed by atoms with van der Waals surface area (Å²) in [5.41, 5.74) is 27.7. The van der Waals surface area contributed by atoms with Crippen molar-refractivity contribution in [3.63, 3.8) is 0 Å². The Balaban J connectivity index is 0.000000131. The van der Waals surface area contributed by atoms with E-state index >= 15 is 0 Å². The number of halogens is 7. The number of anilines is 2. The Morgan fingerprint density at radius 2 is 0.927 bits per heavy atom. The Kier molecular flexibility index (Phi) is 33.1. The van der Waals surface area contributed by atoms with Crippen molar-refractivity contribution < 1.29 is 51.7 Å². The van der Waals surface area contributed by atoms with Gasteiger partial charge in [0.2, 0.25) is 6.20 Å². The fourth-order valence-corrected chi connectivity index (χ4v) is 15.9. The van der Waals surface area contributed by atoms with Gasteiger partial charge in [-0.05, 0) is 148 Å². The number of nitro groups is 1. The Morgan fingerprint density at radius 1 is 0.511 bits per heavy atom. The molecule has 0 radical (unpaired) electrons. The number of hydrogen-bond acceptors (Lipinski definition) is 21. The van der Waals surface area contributed by atoms with Crippen LogP contribution in [0.4, 0.5) is 24.8 Å². The van der Waals surface area contributed by atoms with Crippen molar-refractivity contribution >= 4 is 158 Å². The zero-order valence-corrected chi connectivity index (χ0v) is 80.8. The van der Waals surface area contributed by atoms with Crippen LogP contribution in [-0.2, 0) is 19.3 Å². The number of fused-ring (bicyclic) bond motifs is 9. The highest BCUT2D eigenvalue weighted by molar-refractivity contribution is 9.69. The summed E-state index contributed by atoms with van der Waals surface area (Å²) in [7, 11) is 8.26. The minimum Gasteiger partial charge on any atom is -0.508 e. The van der Waals surface area contributed by atoms with Gasteiger partial charge in [-0.1, -0.05) is 96.5 Å². The van der Waals surface area contributed by atoms with E-state index in [1.54, 1.807) is 106 Å². The van der Waals surface area contributed by atoms with Gasteiger partial charge >= 0.3 is 3.18 Å². The number of aromatic amines is 4. The van der Waals surface area contributed by atoms with E-state index in [-0.39, 0.29) is 9.00 Å². The van der Waals surface area contributed by atoms with Gasteiger partial charge in [0.25, 0.3) is 0 Å². The number of carbonyl (C=O) groups excluding carboxylic acids is 1. The predicted octanol–water partition coefficient (Wildman–Crippen LogP) is 22.4. The van der Waals surface area contributed by atoms with Gasteiger partial charge in [-0.3, -0.25) is 29.9 Å². The van der Waals surface area contributed by atoms with E-state index in [4.69, 9.17) is 41.0 Å². The summed E-state index contributed by atoms with van der Waals surface area (Å²) in [5.74, 6) is 4.93. The zero-order valence-electron chi connectivity index (χ0n) is 75.3. The van der Waals surface area contributed by atoms with E-state index < -0.39 is 16.6 Å². The third-order valence-electron chi connectivity index (χ3n) is 22.1. The van der Waals surface area contributed by atoms with Crippen LogP contribution in [0.15, 0.2) is 251 Å². The highest BCUT2D eigenvalue weighted by Crippen LogP contribution is 2.39. The van der Waals surface area contributed by atoms with Gasteiger partial charge in [0.15, 0.2) is 23.2 Å². The molecule has 13 aromatic heterocycles. The monoisotopic (exact) mass is 2060 g/mol. The number of pyridine rings is 3. The van der Waals surface area contributed by atoms with Gasteiger partial charge in [-0.25, -0.2) is 32.6 Å². The molecule has 0 amide bonds. The van der Waals surface area contributed by atoms with Gasteiger partial charge in [-0.15, -0.1) is 47.3 Å². The fourth-order valence-electron chi connectivity index (χ4n) is 15.6. The molecule has 0 atom stereocenters. The summed E-state index contributed by atoms with van der Waals surface area (Å²) >= 11 is 15.4. The number of allylic oxidation sites excluding steroid dienone is 2. The quantitative estimate of drug-likeness (QED) is 0.0109. The van der Waals surface area contributed by atoms with E-state index in [0.29, 0.717) is 69.0 Å². The first-order chi connectivity index (χ1) is 66.5. The molecular weight excluding hydrogens is 1970 g/mol. The number of nitrogens with zero attached hydrogens (tertiary/aromatic N) is 13. The van der Waals surface area contributed by atoms with Crippen LogP contribution >= 0.6 is 58.9 Å². The Morgan fingerprint density at radius 3 is 1.42 bits per heavy atom. The summed E-state index contributed by atoms with van der Waals surface area (Å²) in [5, 5.41) is 44.8. The van der Waals surface area contributed by atoms with Crippen LogP contribution in [0.2, 0.25) is 5.15 Å². The number of phenolic OH excluding ortho intramolecular Hbond substituents is 1. The van der Waals surface area contributed by atoms with Crippen LogP contribution in [0.5, 0.6) is 34.5 Å². The summed E-state index contributed by atoms with van der Waals surface area (Å²) in [4.78, 5) is 58.2. The number of aldehydes is 1. The molecule has 0 saturated heterocycles. The number of aromatic nitrogens is 16. The SMILES string of the molecule is BrB(Br)Br.COc1cccc2c(/C=C/[N+](=O)[O-])c[nH]c12.COc1cccc2c(C=O)c[nH]c12.COc1cccc2c(CCN)c[nH]c12.COc1cccc2c1CC=C2CCNc1cc(-c2cncc(F)c2)nc2c(C)cnn12.COc1cccc2cc[nH]c12.Cc1cnn2c(Cl)cc(-c3cncc(F)c3)nc12.Cc1cnn2c(NCCC3=CCc4c(O)cccc43)cc(-c3cncc(F)c3)nc12. The molecule has 0 saturated carbocycles. The average Bonchev–Trinajstić information content (AvgIpc) is 1.64. The van der Waals surface area contributed by atoms with Crippen molar-refractivity contribution in [2.24, 2.45) is 5.73 Å². The van der Waals surface area contributed by atoms with E-state index in [1.165, 1.54) is 79.8 Å². The van der Waals surface area contributed by atoms with Crippen LogP contribution in [0, 0.1) is 48.3 Å². The third-order valence-corrected chi connectivity index (χ3v) is 22.4. The molecule has 19 aromatic rings. The number of aryl methyl sites for hydroxylation is 3. The maximum absolute atomic E-state index is 13.7. The number of carbonyl (C=O) groups is 1. The summed E-state index contributed by atoms with van der Waals surface area (Å²) < 4.78 is 72.1. The lowest BCUT2D eigenvalue weighted by Gasteiger charge is -2.12. The lowest BCUT2D eigenvalue weighted by Crippen LogP contribution is -2.08. The summed E-state index contributed by atoms with van der Waals surface area (Å²) in [6.07, 6.45) is 32.6. The van der Waals surface area contributed by atoms with E-state index in [2.05, 4.69) is 147 Å². The molecule has 0 fully saturated rings. The van der Waals surface area contributed by atoms with Crippen LogP contribution < -0.4 is 40.1 Å². The lowest BCUT2D eigenvalue weighted by atomic mass is 10.0. The molecule has 137 heavy (non-hydrogen) atoms. The van der Waals surface area contributed by atoms with E-state index in [1.807, 2.05) is 142 Å². The number of phenols is 1. The van der Waals surface area contributed by atoms with Gasteiger partial charge in [0.05, 0.1) is 117 Å². The first kappa shape index (κ1) is 98.0. The minimum atomic E-state index is -0.487. The van der Waals surface area contributed by atoms with Crippen molar-refractivity contribution in [2.75, 3.05) is 65.8 Å². The number of nitrogens with two attached hydrogens (primary N) is 1. The van der Waals surface area contributed by atoms with Crippen molar-refractivity contribution in [2.45, 2.75) is 52.9 Å². The summed E-state index contributed by atoms with van der Waals surface area (Å²) in [6.45, 7) is 7.87. The largest absolute Gasteiger partial charge is 0.508 e. The Hall–Kier alpha value is -15.0. The number of benzene rings is 6. The lowest BCUT2D eigenvalue weighted by molar-refractivity contribution is -0.400. The smallest absolute Gasteiger partial charge is 0.369 e. The maximum Gasteiger partial charge on any atom is 0.369 e. The number of methoxy groups -OCH3 is 5. The Labute approximate surface area is 814 Å². The predicted molar refractivity (Wildman–Crippen MR) is 545 cm³/mol. The molecule has 2 aliphatic rings. The first-order valence-electron chi connectivity index (χ1n) is 42.8. The molecular formula is C100H92BBr3ClF3N20O9. The van der Waals surface area contributed by atoms with Crippen molar-refractivity contribution in [3.05, 3.63) is 339 Å². The first-order valence-corrected chi connectivity index (χ1v) is 45.9. The molecule has 0 bridgehead atoms. The van der Waals surface area contributed by atoms with E-state index in [0.717, 1.165) is 175 Å². The molecule has 21 rings (SSSR count). The fraction of sp³-hybridized carbons (Fsp3) is 0.160. The second-order valence-electron chi connectivity index (χ2n) is 30.7. The molecule has 0 aliphatic heterocycles. The van der Waals surface area contributed by atoms with Gasteiger partial charge in [0.1, 0.15) is 68.7 Å². The number of para-hydroxylation sites is 4. The van der Waals surface area contributed by atoms with Crippen molar-refractivity contribution in [1.29, 1.82) is 0 Å². The number of rotatable bonds is 21. The van der Waals surface area contributed by atoms with Gasteiger partial charge in [0, 0.05) is 158 Å². The highest BCUT2D eigenvalue weighted by Gasteiger charge is 2.22. The van der Waals surface area contributed by atoms with Crippen LogP contribution in [0.25, 0.3) is 112 Å². The molecule has 29 nitrogen and oxygen atoms in total. The molecule has 698 valence electrons. The maximum atomic E-state index is 13.7. The number of hydrogen-bond donors (Lipinski definition) is 8. The molecule has 9 N–H and O–H groups in total. The second kappa shape index (κ2) is 46.3. The third kappa shape index (κ3) is 23.7. The number of H-pyrrole nitrogens is 4. The molecule has 2 aliphatic carbocycles. The van der Waals surface area contributed by atoms with Crippen molar-refractivity contribution in [1.82, 2.24) is 78.7 Å². The Bertz CT molecular complexity index is 7610. The van der Waals surface area contributed by atoms with E-state index in [9.17, 15) is 33.2 Å². The summed E-state index contributed by atoms with van der Waals surface area (Å²) in [6, 6.07) is 46.6. The molecule has 37 heteroatoms. The standard InChI is InChI=1S/C24H22FN5O.C23H20FN5O.C12H8ClFN4.C11H10N2O3.C11H14N2O.C10H9NO2.C9H9NO.BBr3/c1-15-12-28-30-23(11-21(29-24(15)30)17-10-18(25)14-26-13-17)27-9-8-16-6-7-20-19(16)4-3-5-22(20)31-2;1-14-11-27-29-22(10-20(28-23(14)29)16-9-17(24)13-25-12-16)26-8-7-15-5-6-19-18(15)3-2-4-21(19)30;1-7-4-16-18-11(13)3-10(17-12(7)18)8-2-9(14)6-15-5-8;1-16-10-4-2-3-9-8(5-6-13(14)15)7-12-11(9)10;1-14-10-4-2-3-9-8(5-6-12)7-13-11(9)10;1-13-9-4-2-3-8-7(6-12)5-11-10(8)9;1-11-8-4-2-3-7-5-6-10-9(7)8;2-1(3)4/h3-6,10-14,27H,7-9H2,1-2H3;2-5,9-13,26,30H,6-8H2,1H3;2-6H,1H3;2-7,12H,1H3;2-4,7,13H,5-6,12H2,1H3;2-6,11H,1H3;2-6,10H,1H3;/b;;;6-5+;;;;. The molecule has 6 aromatic carbocycles. The molecule has 0 unspecified atom stereocenters. The normalized spacial score (nSPS) is 11.5. The number of ether oxygens (including phenoxy) is 5. The zero-order chi connectivity index (χ0) is 96.8. The minimum absolute atomic E-state index is 0.271. The number of aromatic hydroxyl groups is 1. The second-order valence-corrected chi connectivity index (χ2v) is 37.6. The van der Waals surface area contributed by atoms with Crippen LogP contribution in [-0.4, -0.2) is 153 Å². The topological polar surface area (TPSA) is 369 Å².